The van der Waals surface area contributed by atoms with E-state index in [0.717, 1.165) is 10.8 Å². The minimum absolute atomic E-state index is 0.399. The molecule has 0 aliphatic heterocycles. The second kappa shape index (κ2) is 4.98. The number of ketones is 1. The number of carbonyl (C=O) groups is 2. The molecule has 0 heterocycles. The molecule has 2 aromatic rings. The number of carbonyl (C=O) groups excluding carboxylic acids is 1. The van der Waals surface area contributed by atoms with Gasteiger partial charge in [0.05, 0.1) is 0 Å². The zero-order valence-corrected chi connectivity index (χ0v) is 9.88. The summed E-state index contributed by atoms with van der Waals surface area (Å²) in [5.74, 6) is -1.61. The van der Waals surface area contributed by atoms with Crippen LogP contribution in [0.25, 0.3) is 10.8 Å². The molecule has 0 aliphatic carbocycles. The van der Waals surface area contributed by atoms with E-state index in [2.05, 4.69) is 5.32 Å². The van der Waals surface area contributed by atoms with E-state index >= 15 is 0 Å². The lowest BCUT2D eigenvalue weighted by molar-refractivity contribution is -0.137. The minimum atomic E-state index is -1.20. The van der Waals surface area contributed by atoms with Gasteiger partial charge in [0, 0.05) is 5.56 Å². The number of aliphatic carboxylic acids is 1. The molecule has 0 aromatic heterocycles. The molecule has 0 amide bonds. The first kappa shape index (κ1) is 12.3. The molecule has 92 valence electrons. The van der Waals surface area contributed by atoms with Crippen LogP contribution < -0.4 is 5.32 Å². The monoisotopic (exact) mass is 243 g/mol. The van der Waals surface area contributed by atoms with Gasteiger partial charge in [-0.25, -0.2) is 0 Å². The van der Waals surface area contributed by atoms with Crippen LogP contribution in [0.2, 0.25) is 0 Å². The van der Waals surface area contributed by atoms with E-state index < -0.39 is 17.8 Å². The summed E-state index contributed by atoms with van der Waals surface area (Å²) in [6.07, 6.45) is 0. The van der Waals surface area contributed by atoms with E-state index in [1.165, 1.54) is 7.05 Å². The van der Waals surface area contributed by atoms with Gasteiger partial charge in [-0.3, -0.25) is 9.59 Å². The number of likely N-dealkylation sites (N-methyl/N-ethyl adjacent to an activating group) is 1. The van der Waals surface area contributed by atoms with Gasteiger partial charge < -0.3 is 10.4 Å². The quantitative estimate of drug-likeness (QED) is 0.633. The predicted molar refractivity (Wildman–Crippen MR) is 68.8 cm³/mol. The Kier molecular flexibility index (Phi) is 3.39. The second-order valence-corrected chi connectivity index (χ2v) is 3.99. The summed E-state index contributed by atoms with van der Waals surface area (Å²) >= 11 is 0. The SMILES string of the molecule is CNC(C(=O)O)C(=O)c1ccc2ccccc2c1. The molecule has 4 heteroatoms. The Morgan fingerprint density at radius 3 is 2.39 bits per heavy atom. The van der Waals surface area contributed by atoms with Gasteiger partial charge in [-0.1, -0.05) is 36.4 Å². The molecule has 0 bridgehead atoms. The minimum Gasteiger partial charge on any atom is -0.480 e. The van der Waals surface area contributed by atoms with Crippen LogP contribution in [-0.4, -0.2) is 29.9 Å². The Labute approximate surface area is 104 Å². The van der Waals surface area contributed by atoms with Crippen LogP contribution in [0.15, 0.2) is 42.5 Å². The van der Waals surface area contributed by atoms with E-state index in [1.807, 2.05) is 30.3 Å². The summed E-state index contributed by atoms with van der Waals surface area (Å²) in [5.41, 5.74) is 0.399. The molecule has 0 saturated carbocycles. The summed E-state index contributed by atoms with van der Waals surface area (Å²) in [6.45, 7) is 0. The maximum absolute atomic E-state index is 12.0. The Hall–Kier alpha value is -2.20. The van der Waals surface area contributed by atoms with Crippen molar-refractivity contribution in [2.75, 3.05) is 7.05 Å². The summed E-state index contributed by atoms with van der Waals surface area (Å²) in [7, 11) is 1.46. The fourth-order valence-electron chi connectivity index (χ4n) is 1.88. The van der Waals surface area contributed by atoms with Crippen molar-refractivity contribution >= 4 is 22.5 Å². The third-order valence-corrected chi connectivity index (χ3v) is 2.83. The zero-order chi connectivity index (χ0) is 13.1. The maximum atomic E-state index is 12.0. The van der Waals surface area contributed by atoms with Gasteiger partial charge in [0.2, 0.25) is 0 Å². The highest BCUT2D eigenvalue weighted by Gasteiger charge is 2.25. The first-order valence-electron chi connectivity index (χ1n) is 5.56. The first-order valence-corrected chi connectivity index (χ1v) is 5.56. The standard InChI is InChI=1S/C14H13NO3/c1-15-12(14(17)18)13(16)11-7-6-9-4-2-3-5-10(9)8-11/h2-8,12,15H,1H3,(H,17,18). The second-order valence-electron chi connectivity index (χ2n) is 3.99. The number of carboxylic acids is 1. The topological polar surface area (TPSA) is 66.4 Å². The van der Waals surface area contributed by atoms with Gasteiger partial charge in [0.15, 0.2) is 11.8 Å². The van der Waals surface area contributed by atoms with Crippen molar-refractivity contribution in [3.63, 3.8) is 0 Å². The van der Waals surface area contributed by atoms with Crippen molar-refractivity contribution in [2.45, 2.75) is 6.04 Å². The number of fused-ring (bicyclic) bond motifs is 1. The number of hydrogen-bond donors (Lipinski definition) is 2. The van der Waals surface area contributed by atoms with Crippen molar-refractivity contribution < 1.29 is 14.7 Å². The summed E-state index contributed by atoms with van der Waals surface area (Å²) < 4.78 is 0. The zero-order valence-electron chi connectivity index (χ0n) is 9.88. The Balaban J connectivity index is 2.42. The number of rotatable bonds is 4. The van der Waals surface area contributed by atoms with Crippen LogP contribution in [0.4, 0.5) is 0 Å². The van der Waals surface area contributed by atoms with Crippen LogP contribution >= 0.6 is 0 Å². The Bertz CT molecular complexity index is 607. The molecule has 2 N–H and O–H groups in total. The lowest BCUT2D eigenvalue weighted by atomic mass is 10.0. The molecule has 18 heavy (non-hydrogen) atoms. The van der Waals surface area contributed by atoms with Gasteiger partial charge in [0.25, 0.3) is 0 Å². The Morgan fingerprint density at radius 1 is 1.11 bits per heavy atom. The smallest absolute Gasteiger partial charge is 0.328 e. The highest BCUT2D eigenvalue weighted by molar-refractivity contribution is 6.12. The van der Waals surface area contributed by atoms with Crippen molar-refractivity contribution in [1.29, 1.82) is 0 Å². The predicted octanol–water partition coefficient (Wildman–Crippen LogP) is 1.70. The van der Waals surface area contributed by atoms with Crippen LogP contribution in [0.3, 0.4) is 0 Å². The van der Waals surface area contributed by atoms with Gasteiger partial charge in [-0.2, -0.15) is 0 Å². The van der Waals surface area contributed by atoms with E-state index in [0.29, 0.717) is 5.56 Å². The molecule has 0 radical (unpaired) electrons. The van der Waals surface area contributed by atoms with Crippen LogP contribution in [0.5, 0.6) is 0 Å². The molecule has 1 unspecified atom stereocenters. The number of nitrogens with one attached hydrogen (secondary N) is 1. The summed E-state index contributed by atoms with van der Waals surface area (Å²) in [5, 5.41) is 13.4. The normalized spacial score (nSPS) is 12.3. The summed E-state index contributed by atoms with van der Waals surface area (Å²) in [6, 6.07) is 11.6. The Morgan fingerprint density at radius 2 is 1.78 bits per heavy atom. The van der Waals surface area contributed by atoms with Crippen molar-refractivity contribution in [2.24, 2.45) is 0 Å². The van der Waals surface area contributed by atoms with Crippen molar-refractivity contribution in [1.82, 2.24) is 5.32 Å². The first-order chi connectivity index (χ1) is 8.63. The molecule has 1 atom stereocenters. The van der Waals surface area contributed by atoms with Gasteiger partial charge >= 0.3 is 5.97 Å². The molecular formula is C14H13NO3. The molecule has 2 rings (SSSR count). The molecule has 0 fully saturated rings. The van der Waals surface area contributed by atoms with Gasteiger partial charge in [-0.15, -0.1) is 0 Å². The average Bonchev–Trinajstić information content (AvgIpc) is 2.38. The largest absolute Gasteiger partial charge is 0.480 e. The third-order valence-electron chi connectivity index (χ3n) is 2.83. The van der Waals surface area contributed by atoms with E-state index in [4.69, 9.17) is 5.11 Å². The van der Waals surface area contributed by atoms with Gasteiger partial charge in [-0.05, 0) is 23.9 Å². The van der Waals surface area contributed by atoms with Crippen LogP contribution in [0, 0.1) is 0 Å². The molecule has 0 aliphatic rings. The fraction of sp³-hybridized carbons (Fsp3) is 0.143. The number of carboxylic acid groups (broad SMARTS) is 1. The number of hydrogen-bond acceptors (Lipinski definition) is 3. The molecular weight excluding hydrogens is 230 g/mol. The van der Waals surface area contributed by atoms with E-state index in [9.17, 15) is 9.59 Å². The maximum Gasteiger partial charge on any atom is 0.328 e. The number of Topliss-reactive ketones (excluding diaryl/α,β-unsaturated/α-hetero) is 1. The molecule has 4 nitrogen and oxygen atoms in total. The highest BCUT2D eigenvalue weighted by atomic mass is 16.4. The van der Waals surface area contributed by atoms with E-state index in [-0.39, 0.29) is 0 Å². The molecule has 2 aromatic carbocycles. The van der Waals surface area contributed by atoms with E-state index in [1.54, 1.807) is 12.1 Å². The lowest BCUT2D eigenvalue weighted by Crippen LogP contribution is -2.41. The fourth-order valence-corrected chi connectivity index (χ4v) is 1.88. The average molecular weight is 243 g/mol. The molecule has 0 saturated heterocycles. The van der Waals surface area contributed by atoms with Crippen LogP contribution in [-0.2, 0) is 4.79 Å². The van der Waals surface area contributed by atoms with Crippen LogP contribution in [0.1, 0.15) is 10.4 Å². The van der Waals surface area contributed by atoms with Crippen molar-refractivity contribution in [3.8, 4) is 0 Å². The highest BCUT2D eigenvalue weighted by Crippen LogP contribution is 2.16. The lowest BCUT2D eigenvalue weighted by Gasteiger charge is -2.10. The van der Waals surface area contributed by atoms with Crippen molar-refractivity contribution in [3.05, 3.63) is 48.0 Å². The van der Waals surface area contributed by atoms with Gasteiger partial charge in [0.1, 0.15) is 0 Å². The number of benzene rings is 2. The molecule has 0 spiro atoms. The summed E-state index contributed by atoms with van der Waals surface area (Å²) in [4.78, 5) is 22.9. The third kappa shape index (κ3) is 2.24.